The van der Waals surface area contributed by atoms with E-state index >= 15 is 0 Å². The lowest BCUT2D eigenvalue weighted by Gasteiger charge is -2.33. The van der Waals surface area contributed by atoms with Crippen LogP contribution < -0.4 is 4.90 Å². The van der Waals surface area contributed by atoms with Crippen molar-refractivity contribution in [2.45, 2.75) is 32.1 Å². The molecule has 23 heavy (non-hydrogen) atoms. The molecule has 0 spiro atoms. The number of rotatable bonds is 4. The van der Waals surface area contributed by atoms with Crippen LogP contribution in [0, 0.1) is 0 Å². The molecule has 1 aliphatic carbocycles. The zero-order valence-electron chi connectivity index (χ0n) is 13.5. The van der Waals surface area contributed by atoms with Gasteiger partial charge in [-0.15, -0.1) is 0 Å². The fourth-order valence-corrected chi connectivity index (χ4v) is 3.16. The molecule has 0 N–H and O–H groups in total. The number of allylic oxidation sites excluding steroid dienone is 4. The summed E-state index contributed by atoms with van der Waals surface area (Å²) in [6.45, 7) is 4.54. The standard InChI is InChI=1S/C20H22N2O/c1-2-15-4-6-16(7-5-15)19-14-20(23-21-19)17-8-10-18(11-9-17)22-12-3-13-22/h4-6,8-11,14,16H,2-3,7,12-13H2,1H3. The van der Waals surface area contributed by atoms with E-state index in [0.29, 0.717) is 5.92 Å². The fraction of sp³-hybridized carbons (Fsp3) is 0.350. The van der Waals surface area contributed by atoms with E-state index in [1.807, 2.05) is 0 Å². The first-order valence-corrected chi connectivity index (χ1v) is 8.52. The minimum Gasteiger partial charge on any atom is -0.371 e. The lowest BCUT2D eigenvalue weighted by molar-refractivity contribution is 0.420. The second kappa shape index (κ2) is 6.07. The summed E-state index contributed by atoms with van der Waals surface area (Å²) in [6, 6.07) is 10.7. The van der Waals surface area contributed by atoms with Crippen LogP contribution in [0.4, 0.5) is 5.69 Å². The molecule has 4 rings (SSSR count). The molecule has 0 bridgehead atoms. The SMILES string of the molecule is CCC1=CCC(c2cc(-c3ccc(N4CCC4)cc3)on2)C=C1. The Balaban J connectivity index is 1.49. The quantitative estimate of drug-likeness (QED) is 0.802. The van der Waals surface area contributed by atoms with Crippen LogP contribution in [0.25, 0.3) is 11.3 Å². The Labute approximate surface area is 137 Å². The number of aromatic nitrogens is 1. The van der Waals surface area contributed by atoms with Crippen molar-refractivity contribution < 1.29 is 4.52 Å². The Morgan fingerprint density at radius 3 is 2.65 bits per heavy atom. The Bertz CT molecular complexity index is 735. The first kappa shape index (κ1) is 14.3. The second-order valence-electron chi connectivity index (χ2n) is 6.34. The van der Waals surface area contributed by atoms with E-state index in [4.69, 9.17) is 4.52 Å². The summed E-state index contributed by atoms with van der Waals surface area (Å²) in [5.74, 6) is 1.19. The number of anilines is 1. The van der Waals surface area contributed by atoms with E-state index in [9.17, 15) is 0 Å². The fourth-order valence-electron chi connectivity index (χ4n) is 3.16. The molecule has 1 unspecified atom stereocenters. The minimum absolute atomic E-state index is 0.336. The van der Waals surface area contributed by atoms with Gasteiger partial charge in [0.15, 0.2) is 5.76 Å². The van der Waals surface area contributed by atoms with Crippen LogP contribution in [0.3, 0.4) is 0 Å². The Morgan fingerprint density at radius 1 is 1.22 bits per heavy atom. The third-order valence-electron chi connectivity index (χ3n) is 4.87. The number of benzene rings is 1. The van der Waals surface area contributed by atoms with Gasteiger partial charge in [-0.1, -0.05) is 35.9 Å². The summed E-state index contributed by atoms with van der Waals surface area (Å²) in [4.78, 5) is 2.39. The van der Waals surface area contributed by atoms with Crippen LogP contribution in [0.1, 0.15) is 37.8 Å². The van der Waals surface area contributed by atoms with E-state index < -0.39 is 0 Å². The molecule has 1 fully saturated rings. The van der Waals surface area contributed by atoms with Crippen LogP contribution in [-0.4, -0.2) is 18.2 Å². The Hall–Kier alpha value is -2.29. The van der Waals surface area contributed by atoms with Crippen molar-refractivity contribution in [3.8, 4) is 11.3 Å². The highest BCUT2D eigenvalue weighted by Crippen LogP contribution is 2.31. The highest BCUT2D eigenvalue weighted by molar-refractivity contribution is 5.62. The number of hydrogen-bond acceptors (Lipinski definition) is 3. The van der Waals surface area contributed by atoms with E-state index in [2.05, 4.69) is 65.5 Å². The van der Waals surface area contributed by atoms with Gasteiger partial charge in [0, 0.05) is 36.3 Å². The van der Waals surface area contributed by atoms with Gasteiger partial charge in [0.1, 0.15) is 0 Å². The van der Waals surface area contributed by atoms with Gasteiger partial charge in [0.2, 0.25) is 0 Å². The van der Waals surface area contributed by atoms with Gasteiger partial charge in [-0.05, 0) is 43.5 Å². The zero-order chi connectivity index (χ0) is 15.6. The van der Waals surface area contributed by atoms with Crippen molar-refractivity contribution in [1.29, 1.82) is 0 Å². The molecule has 1 aromatic heterocycles. The summed E-state index contributed by atoms with van der Waals surface area (Å²) in [5, 5.41) is 4.29. The maximum absolute atomic E-state index is 5.58. The molecule has 1 atom stereocenters. The van der Waals surface area contributed by atoms with Gasteiger partial charge >= 0.3 is 0 Å². The summed E-state index contributed by atoms with van der Waals surface area (Å²) < 4.78 is 5.58. The molecule has 0 radical (unpaired) electrons. The Kier molecular flexibility index (Phi) is 3.78. The smallest absolute Gasteiger partial charge is 0.167 e. The topological polar surface area (TPSA) is 29.3 Å². The predicted molar refractivity (Wildman–Crippen MR) is 93.6 cm³/mol. The molecule has 3 heteroatoms. The Morgan fingerprint density at radius 2 is 2.04 bits per heavy atom. The summed E-state index contributed by atoms with van der Waals surface area (Å²) in [6.07, 6.45) is 10.2. The molecule has 1 aromatic carbocycles. The summed E-state index contributed by atoms with van der Waals surface area (Å²) in [5.41, 5.74) is 4.82. The molecule has 1 saturated heterocycles. The van der Waals surface area contributed by atoms with Gasteiger partial charge in [0.05, 0.1) is 5.69 Å². The lowest BCUT2D eigenvalue weighted by atomic mass is 9.93. The van der Waals surface area contributed by atoms with Crippen molar-refractivity contribution in [2.75, 3.05) is 18.0 Å². The largest absolute Gasteiger partial charge is 0.371 e. The maximum atomic E-state index is 5.58. The molecular formula is C20H22N2O. The predicted octanol–water partition coefficient (Wildman–Crippen LogP) is 4.93. The lowest BCUT2D eigenvalue weighted by Crippen LogP contribution is -2.36. The van der Waals surface area contributed by atoms with E-state index in [0.717, 1.165) is 29.9 Å². The third-order valence-corrected chi connectivity index (χ3v) is 4.87. The van der Waals surface area contributed by atoms with E-state index in [1.165, 1.54) is 30.8 Å². The first-order chi connectivity index (χ1) is 11.3. The van der Waals surface area contributed by atoms with Crippen molar-refractivity contribution in [1.82, 2.24) is 5.16 Å². The zero-order valence-corrected chi connectivity index (χ0v) is 13.5. The van der Waals surface area contributed by atoms with E-state index in [1.54, 1.807) is 0 Å². The van der Waals surface area contributed by atoms with E-state index in [-0.39, 0.29) is 0 Å². The molecule has 0 saturated carbocycles. The molecule has 3 nitrogen and oxygen atoms in total. The second-order valence-corrected chi connectivity index (χ2v) is 6.34. The van der Waals surface area contributed by atoms with Gasteiger partial charge in [-0.25, -0.2) is 0 Å². The molecule has 2 aromatic rings. The van der Waals surface area contributed by atoms with Crippen molar-refractivity contribution in [2.24, 2.45) is 0 Å². The average Bonchev–Trinajstić information content (AvgIpc) is 3.04. The van der Waals surface area contributed by atoms with Crippen molar-refractivity contribution in [3.05, 3.63) is 59.8 Å². The molecule has 2 aliphatic rings. The monoisotopic (exact) mass is 306 g/mol. The van der Waals surface area contributed by atoms with Crippen LogP contribution in [-0.2, 0) is 0 Å². The van der Waals surface area contributed by atoms with Gasteiger partial charge < -0.3 is 9.42 Å². The van der Waals surface area contributed by atoms with Crippen LogP contribution >= 0.6 is 0 Å². The number of nitrogens with zero attached hydrogens (tertiary/aromatic N) is 2. The van der Waals surface area contributed by atoms with Crippen LogP contribution in [0.15, 0.2) is 58.7 Å². The van der Waals surface area contributed by atoms with Gasteiger partial charge in [-0.3, -0.25) is 0 Å². The summed E-state index contributed by atoms with van der Waals surface area (Å²) >= 11 is 0. The molecule has 0 amide bonds. The highest BCUT2D eigenvalue weighted by Gasteiger charge is 2.17. The van der Waals surface area contributed by atoms with Crippen molar-refractivity contribution in [3.63, 3.8) is 0 Å². The molecule has 2 heterocycles. The van der Waals surface area contributed by atoms with Gasteiger partial charge in [0.25, 0.3) is 0 Å². The molecule has 118 valence electrons. The first-order valence-electron chi connectivity index (χ1n) is 8.52. The normalized spacial score (nSPS) is 20.3. The van der Waals surface area contributed by atoms with Gasteiger partial charge in [-0.2, -0.15) is 0 Å². The van der Waals surface area contributed by atoms with Crippen LogP contribution in [0.2, 0.25) is 0 Å². The third kappa shape index (κ3) is 2.83. The van der Waals surface area contributed by atoms with Crippen LogP contribution in [0.5, 0.6) is 0 Å². The minimum atomic E-state index is 0.336. The highest BCUT2D eigenvalue weighted by atomic mass is 16.5. The van der Waals surface area contributed by atoms with Crippen molar-refractivity contribution >= 4 is 5.69 Å². The molecular weight excluding hydrogens is 284 g/mol. The maximum Gasteiger partial charge on any atom is 0.167 e. The average molecular weight is 306 g/mol. The number of hydrogen-bond donors (Lipinski definition) is 0. The summed E-state index contributed by atoms with van der Waals surface area (Å²) in [7, 11) is 0. The molecule has 1 aliphatic heterocycles.